The van der Waals surface area contributed by atoms with E-state index in [1.54, 1.807) is 7.05 Å². The minimum Gasteiger partial charge on any atom is -0.359 e. The summed E-state index contributed by atoms with van der Waals surface area (Å²) in [7, 11) is 1.74. The highest BCUT2D eigenvalue weighted by Crippen LogP contribution is 2.35. The topological polar surface area (TPSA) is 45.2 Å². The average Bonchev–Trinajstić information content (AvgIpc) is 3.18. The molecule has 30 heavy (non-hydrogen) atoms. The van der Waals surface area contributed by atoms with E-state index in [4.69, 9.17) is 0 Å². The molecule has 1 saturated heterocycles. The molecule has 4 nitrogen and oxygen atoms in total. The van der Waals surface area contributed by atoms with Crippen LogP contribution in [0.1, 0.15) is 23.4 Å². The van der Waals surface area contributed by atoms with Crippen LogP contribution in [0.4, 0.5) is 0 Å². The van der Waals surface area contributed by atoms with Gasteiger partial charge in [-0.25, -0.2) is 0 Å². The van der Waals surface area contributed by atoms with Crippen molar-refractivity contribution in [2.45, 2.75) is 26.3 Å². The van der Waals surface area contributed by atoms with Gasteiger partial charge >= 0.3 is 0 Å². The predicted molar refractivity (Wildman–Crippen MR) is 121 cm³/mol. The summed E-state index contributed by atoms with van der Waals surface area (Å²) in [6.45, 7) is 4.46. The normalized spacial score (nSPS) is 19.0. The zero-order chi connectivity index (χ0) is 21.0. The fourth-order valence-electron chi connectivity index (χ4n) is 4.52. The van der Waals surface area contributed by atoms with Gasteiger partial charge in [0.1, 0.15) is 0 Å². The molecule has 1 unspecified atom stereocenters. The van der Waals surface area contributed by atoms with Crippen molar-refractivity contribution >= 4 is 5.91 Å². The van der Waals surface area contributed by atoms with Gasteiger partial charge in [-0.05, 0) is 55.1 Å². The molecule has 3 aromatic rings. The zero-order valence-corrected chi connectivity index (χ0v) is 17.8. The molecular weight excluding hydrogens is 370 g/mol. The number of nitrogens with zero attached hydrogens (tertiary/aromatic N) is 2. The summed E-state index contributed by atoms with van der Waals surface area (Å²) in [5, 5.41) is 2.92. The molecule has 2 heterocycles. The van der Waals surface area contributed by atoms with Crippen molar-refractivity contribution in [1.82, 2.24) is 15.2 Å². The SMILES string of the molecule is CNC(=O)C1(Cc2ccc(-c3ccccc3)cc2)CCN(Cc2cccc(C)n2)C1. The number of amides is 1. The number of benzene rings is 2. The Morgan fingerprint density at radius 3 is 2.43 bits per heavy atom. The maximum Gasteiger partial charge on any atom is 0.227 e. The third kappa shape index (κ3) is 4.44. The van der Waals surface area contributed by atoms with E-state index in [0.717, 1.165) is 43.9 Å². The third-order valence-electron chi connectivity index (χ3n) is 6.08. The Kier molecular flexibility index (Phi) is 5.96. The van der Waals surface area contributed by atoms with Gasteiger partial charge in [0, 0.05) is 25.8 Å². The van der Waals surface area contributed by atoms with Crippen LogP contribution >= 0.6 is 0 Å². The van der Waals surface area contributed by atoms with E-state index >= 15 is 0 Å². The minimum atomic E-state index is -0.396. The van der Waals surface area contributed by atoms with E-state index in [-0.39, 0.29) is 5.91 Å². The van der Waals surface area contributed by atoms with E-state index in [9.17, 15) is 4.79 Å². The van der Waals surface area contributed by atoms with Crippen LogP contribution in [0.15, 0.2) is 72.8 Å². The Balaban J connectivity index is 1.50. The van der Waals surface area contributed by atoms with Gasteiger partial charge in [-0.15, -0.1) is 0 Å². The van der Waals surface area contributed by atoms with Crippen molar-refractivity contribution in [3.05, 3.63) is 89.7 Å². The third-order valence-corrected chi connectivity index (χ3v) is 6.08. The van der Waals surface area contributed by atoms with E-state index in [1.165, 1.54) is 16.7 Å². The summed E-state index contributed by atoms with van der Waals surface area (Å²) in [5.41, 5.74) is 5.31. The molecule has 0 radical (unpaired) electrons. The van der Waals surface area contributed by atoms with E-state index in [1.807, 2.05) is 25.1 Å². The second-order valence-electron chi connectivity index (χ2n) is 8.33. The molecule has 0 spiro atoms. The molecule has 1 N–H and O–H groups in total. The van der Waals surface area contributed by atoms with Gasteiger partial charge in [0.05, 0.1) is 11.1 Å². The summed E-state index contributed by atoms with van der Waals surface area (Å²) >= 11 is 0. The first-order chi connectivity index (χ1) is 14.6. The predicted octanol–water partition coefficient (Wildman–Crippen LogP) is 4.24. The van der Waals surface area contributed by atoms with E-state index in [2.05, 4.69) is 69.8 Å². The van der Waals surface area contributed by atoms with Crippen LogP contribution in [0, 0.1) is 12.3 Å². The fourth-order valence-corrected chi connectivity index (χ4v) is 4.52. The molecular formula is C26H29N3O. The highest BCUT2D eigenvalue weighted by atomic mass is 16.2. The first-order valence-corrected chi connectivity index (χ1v) is 10.6. The molecule has 1 aromatic heterocycles. The largest absolute Gasteiger partial charge is 0.359 e. The number of rotatable bonds is 6. The lowest BCUT2D eigenvalue weighted by atomic mass is 9.79. The number of carbonyl (C=O) groups is 1. The summed E-state index contributed by atoms with van der Waals surface area (Å²) < 4.78 is 0. The average molecular weight is 400 g/mol. The number of nitrogens with one attached hydrogen (secondary N) is 1. The van der Waals surface area contributed by atoms with Gasteiger partial charge in [-0.2, -0.15) is 0 Å². The molecule has 0 bridgehead atoms. The van der Waals surface area contributed by atoms with Crippen molar-refractivity contribution in [1.29, 1.82) is 0 Å². The van der Waals surface area contributed by atoms with Crippen LogP contribution in [-0.2, 0) is 17.8 Å². The van der Waals surface area contributed by atoms with Crippen molar-refractivity contribution in [3.8, 4) is 11.1 Å². The summed E-state index contributed by atoms with van der Waals surface area (Å²) in [5.74, 6) is 0.134. The van der Waals surface area contributed by atoms with Crippen LogP contribution in [0.5, 0.6) is 0 Å². The lowest BCUT2D eigenvalue weighted by Crippen LogP contribution is -2.43. The van der Waals surface area contributed by atoms with E-state index < -0.39 is 5.41 Å². The molecule has 0 aliphatic carbocycles. The first kappa shape index (κ1) is 20.3. The van der Waals surface area contributed by atoms with Crippen molar-refractivity contribution < 1.29 is 4.79 Å². The van der Waals surface area contributed by atoms with Gasteiger partial charge in [0.25, 0.3) is 0 Å². The highest BCUT2D eigenvalue weighted by Gasteiger charge is 2.44. The Morgan fingerprint density at radius 1 is 1.00 bits per heavy atom. The van der Waals surface area contributed by atoms with Gasteiger partial charge < -0.3 is 5.32 Å². The molecule has 1 atom stereocenters. The lowest BCUT2D eigenvalue weighted by Gasteiger charge is -2.28. The summed E-state index contributed by atoms with van der Waals surface area (Å²) in [6.07, 6.45) is 1.61. The molecule has 4 rings (SSSR count). The standard InChI is InChI=1S/C26H29N3O/c1-20-7-6-10-24(28-20)18-29-16-15-26(19-29,25(30)27-2)17-21-11-13-23(14-12-21)22-8-4-3-5-9-22/h3-14H,15-19H2,1-2H3,(H,27,30). The van der Waals surface area contributed by atoms with Crippen LogP contribution in [-0.4, -0.2) is 35.9 Å². The van der Waals surface area contributed by atoms with Crippen LogP contribution < -0.4 is 5.32 Å². The van der Waals surface area contributed by atoms with Crippen molar-refractivity contribution in [3.63, 3.8) is 0 Å². The second-order valence-corrected chi connectivity index (χ2v) is 8.33. The molecule has 4 heteroatoms. The molecule has 154 valence electrons. The number of hydrogen-bond acceptors (Lipinski definition) is 3. The number of carbonyl (C=O) groups excluding carboxylic acids is 1. The number of pyridine rings is 1. The zero-order valence-electron chi connectivity index (χ0n) is 17.8. The molecule has 1 aliphatic heterocycles. The number of hydrogen-bond donors (Lipinski definition) is 1. The summed E-state index contributed by atoms with van der Waals surface area (Å²) in [4.78, 5) is 19.9. The first-order valence-electron chi connectivity index (χ1n) is 10.6. The number of aryl methyl sites for hydroxylation is 1. The fraction of sp³-hybridized carbons (Fsp3) is 0.308. The quantitative estimate of drug-likeness (QED) is 0.674. The Bertz CT molecular complexity index is 1000. The van der Waals surface area contributed by atoms with Gasteiger partial charge in [0.2, 0.25) is 5.91 Å². The van der Waals surface area contributed by atoms with Gasteiger partial charge in [-0.3, -0.25) is 14.7 Å². The molecule has 1 amide bonds. The molecule has 1 aliphatic rings. The monoisotopic (exact) mass is 399 g/mol. The molecule has 0 saturated carbocycles. The highest BCUT2D eigenvalue weighted by molar-refractivity contribution is 5.83. The van der Waals surface area contributed by atoms with Crippen LogP contribution in [0.25, 0.3) is 11.1 Å². The Labute approximate surface area is 179 Å². The lowest BCUT2D eigenvalue weighted by molar-refractivity contribution is -0.130. The maximum atomic E-state index is 12.9. The van der Waals surface area contributed by atoms with E-state index in [0.29, 0.717) is 0 Å². The molecule has 2 aromatic carbocycles. The van der Waals surface area contributed by atoms with Gasteiger partial charge in [0.15, 0.2) is 0 Å². The van der Waals surface area contributed by atoms with Crippen LogP contribution in [0.2, 0.25) is 0 Å². The number of likely N-dealkylation sites (tertiary alicyclic amines) is 1. The van der Waals surface area contributed by atoms with Crippen molar-refractivity contribution in [2.75, 3.05) is 20.1 Å². The van der Waals surface area contributed by atoms with Crippen LogP contribution in [0.3, 0.4) is 0 Å². The second kappa shape index (κ2) is 8.80. The number of aromatic nitrogens is 1. The Morgan fingerprint density at radius 2 is 1.73 bits per heavy atom. The molecule has 1 fully saturated rings. The minimum absolute atomic E-state index is 0.134. The summed E-state index contributed by atoms with van der Waals surface area (Å²) in [6, 6.07) is 25.2. The van der Waals surface area contributed by atoms with Crippen molar-refractivity contribution in [2.24, 2.45) is 5.41 Å². The smallest absolute Gasteiger partial charge is 0.227 e. The van der Waals surface area contributed by atoms with Gasteiger partial charge in [-0.1, -0.05) is 60.7 Å². The Hall–Kier alpha value is -2.98. The maximum absolute atomic E-state index is 12.9.